The minimum atomic E-state index is -0.973. The van der Waals surface area contributed by atoms with Crippen molar-refractivity contribution >= 4 is 21.9 Å². The van der Waals surface area contributed by atoms with E-state index in [2.05, 4.69) is 15.9 Å². The summed E-state index contributed by atoms with van der Waals surface area (Å²) in [6.07, 6.45) is 0. The fourth-order valence-corrected chi connectivity index (χ4v) is 1.70. The van der Waals surface area contributed by atoms with Crippen molar-refractivity contribution in [2.24, 2.45) is 0 Å². The number of hydrogen-bond acceptors (Lipinski definition) is 3. The summed E-state index contributed by atoms with van der Waals surface area (Å²) >= 11 is 3.38. The molecule has 0 spiro atoms. The molecule has 1 rings (SSSR count). The van der Waals surface area contributed by atoms with E-state index in [4.69, 9.17) is 9.84 Å². The number of carboxylic acids is 1. The highest BCUT2D eigenvalue weighted by Crippen LogP contribution is 2.24. The van der Waals surface area contributed by atoms with Crippen molar-refractivity contribution in [3.8, 4) is 5.75 Å². The third kappa shape index (κ3) is 4.20. The first-order valence-electron chi connectivity index (χ1n) is 4.77. The van der Waals surface area contributed by atoms with Crippen molar-refractivity contribution in [3.05, 3.63) is 28.2 Å². The van der Waals surface area contributed by atoms with Gasteiger partial charge in [-0.3, -0.25) is 0 Å². The Bertz CT molecular complexity index is 379. The van der Waals surface area contributed by atoms with Gasteiger partial charge in [0.2, 0.25) is 0 Å². The van der Waals surface area contributed by atoms with Crippen LogP contribution in [-0.2, 0) is 11.3 Å². The number of carbonyl (C=O) groups is 1. The smallest absolute Gasteiger partial charge is 0.341 e. The van der Waals surface area contributed by atoms with Gasteiger partial charge in [-0.15, -0.1) is 0 Å². The van der Waals surface area contributed by atoms with E-state index in [1.54, 1.807) is 6.07 Å². The normalized spacial score (nSPS) is 10.5. The molecule has 1 aromatic carbocycles. The van der Waals surface area contributed by atoms with Crippen LogP contribution >= 0.6 is 15.9 Å². The van der Waals surface area contributed by atoms with Crippen molar-refractivity contribution < 1.29 is 14.6 Å². The lowest BCUT2D eigenvalue weighted by molar-refractivity contribution is -0.139. The maximum absolute atomic E-state index is 10.4. The number of benzene rings is 1. The Morgan fingerprint density at radius 3 is 2.75 bits per heavy atom. The first kappa shape index (κ1) is 13.0. The monoisotopic (exact) mass is 287 g/mol. The molecule has 0 radical (unpaired) electrons. The van der Waals surface area contributed by atoms with Crippen LogP contribution in [0.4, 0.5) is 0 Å². The van der Waals surface area contributed by atoms with Gasteiger partial charge in [-0.25, -0.2) is 4.79 Å². The summed E-state index contributed by atoms with van der Waals surface area (Å²) in [5.41, 5.74) is 0.959. The second-order valence-electron chi connectivity index (χ2n) is 3.67. The Balaban J connectivity index is 2.84. The van der Waals surface area contributed by atoms with Crippen LogP contribution in [0.25, 0.3) is 0 Å². The molecule has 0 amide bonds. The van der Waals surface area contributed by atoms with Crippen LogP contribution in [0.15, 0.2) is 22.7 Å². The number of carboxylic acid groups (broad SMARTS) is 1. The summed E-state index contributed by atoms with van der Waals surface area (Å²) in [7, 11) is 3.89. The molecule has 1 N–H and O–H groups in total. The highest BCUT2D eigenvalue weighted by Gasteiger charge is 2.07. The van der Waals surface area contributed by atoms with E-state index < -0.39 is 5.97 Å². The third-order valence-electron chi connectivity index (χ3n) is 1.86. The molecule has 16 heavy (non-hydrogen) atoms. The molecule has 0 aliphatic carbocycles. The summed E-state index contributed by atoms with van der Waals surface area (Å²) in [4.78, 5) is 12.4. The molecule has 88 valence electrons. The molecule has 4 nitrogen and oxygen atoms in total. The molecule has 1 aromatic rings. The van der Waals surface area contributed by atoms with Crippen LogP contribution in [0.1, 0.15) is 5.56 Å². The van der Waals surface area contributed by atoms with E-state index in [0.717, 1.165) is 10.0 Å². The van der Waals surface area contributed by atoms with Crippen LogP contribution in [0.5, 0.6) is 5.75 Å². The van der Waals surface area contributed by atoms with Gasteiger partial charge >= 0.3 is 5.97 Å². The zero-order valence-corrected chi connectivity index (χ0v) is 10.8. The van der Waals surface area contributed by atoms with E-state index in [-0.39, 0.29) is 6.61 Å². The summed E-state index contributed by atoms with van der Waals surface area (Å²) in [5.74, 6) is -0.363. The quantitative estimate of drug-likeness (QED) is 0.900. The number of rotatable bonds is 5. The zero-order chi connectivity index (χ0) is 12.1. The van der Waals surface area contributed by atoms with Crippen LogP contribution < -0.4 is 4.74 Å². The first-order valence-corrected chi connectivity index (χ1v) is 5.56. The van der Waals surface area contributed by atoms with E-state index in [0.29, 0.717) is 12.3 Å². The molecule has 0 atom stereocenters. The van der Waals surface area contributed by atoms with E-state index in [1.165, 1.54) is 0 Å². The molecule has 0 saturated carbocycles. The lowest BCUT2D eigenvalue weighted by atomic mass is 10.2. The fourth-order valence-electron chi connectivity index (χ4n) is 1.29. The van der Waals surface area contributed by atoms with Crippen LogP contribution in [0.3, 0.4) is 0 Å². The minimum Gasteiger partial charge on any atom is -0.482 e. The Morgan fingerprint density at radius 1 is 1.50 bits per heavy atom. The number of hydrogen-bond donors (Lipinski definition) is 1. The summed E-state index contributed by atoms with van der Waals surface area (Å²) in [6, 6.07) is 5.53. The minimum absolute atomic E-state index is 0.317. The van der Waals surface area contributed by atoms with Gasteiger partial charge in [0, 0.05) is 16.6 Å². The standard InChI is InChI=1S/C11H14BrNO3/c1-13(2)6-8-5-9(12)3-4-10(8)16-7-11(14)15/h3-5H,6-7H2,1-2H3,(H,14,15). The van der Waals surface area contributed by atoms with Crippen molar-refractivity contribution in [1.82, 2.24) is 4.90 Å². The number of nitrogens with zero attached hydrogens (tertiary/aromatic N) is 1. The molecule has 0 aromatic heterocycles. The molecule has 0 fully saturated rings. The topological polar surface area (TPSA) is 49.8 Å². The first-order chi connectivity index (χ1) is 7.49. The molecule has 0 heterocycles. The number of ether oxygens (including phenoxy) is 1. The van der Waals surface area contributed by atoms with Gasteiger partial charge in [0.05, 0.1) is 0 Å². The van der Waals surface area contributed by atoms with Crippen LogP contribution in [0, 0.1) is 0 Å². The van der Waals surface area contributed by atoms with Gasteiger partial charge in [-0.05, 0) is 32.3 Å². The van der Waals surface area contributed by atoms with Gasteiger partial charge < -0.3 is 14.7 Å². The fraction of sp³-hybridized carbons (Fsp3) is 0.364. The maximum atomic E-state index is 10.4. The van der Waals surface area contributed by atoms with Crippen molar-refractivity contribution in [3.63, 3.8) is 0 Å². The molecule has 5 heteroatoms. The van der Waals surface area contributed by atoms with E-state index >= 15 is 0 Å². The molecule has 0 aliphatic heterocycles. The Labute approximate surface area is 103 Å². The molecular weight excluding hydrogens is 274 g/mol. The van der Waals surface area contributed by atoms with Gasteiger partial charge in [0.1, 0.15) is 5.75 Å². The number of halogens is 1. The van der Waals surface area contributed by atoms with Crippen molar-refractivity contribution in [2.75, 3.05) is 20.7 Å². The van der Waals surface area contributed by atoms with Crippen molar-refractivity contribution in [2.45, 2.75) is 6.54 Å². The Kier molecular flexibility index (Phi) is 4.76. The largest absolute Gasteiger partial charge is 0.482 e. The predicted octanol–water partition coefficient (Wildman–Crippen LogP) is 1.97. The molecule has 0 saturated heterocycles. The Hall–Kier alpha value is -1.07. The van der Waals surface area contributed by atoms with E-state index in [1.807, 2.05) is 31.1 Å². The van der Waals surface area contributed by atoms with Crippen LogP contribution in [-0.4, -0.2) is 36.7 Å². The molecule has 0 unspecified atom stereocenters. The molecular formula is C11H14BrNO3. The lowest BCUT2D eigenvalue weighted by Crippen LogP contribution is -2.14. The average Bonchev–Trinajstić information content (AvgIpc) is 2.15. The SMILES string of the molecule is CN(C)Cc1cc(Br)ccc1OCC(=O)O. The van der Waals surface area contributed by atoms with Crippen LogP contribution in [0.2, 0.25) is 0 Å². The van der Waals surface area contributed by atoms with Crippen molar-refractivity contribution in [1.29, 1.82) is 0 Å². The second-order valence-corrected chi connectivity index (χ2v) is 4.59. The zero-order valence-electron chi connectivity index (χ0n) is 9.24. The number of aliphatic carboxylic acids is 1. The second kappa shape index (κ2) is 5.86. The van der Waals surface area contributed by atoms with Gasteiger partial charge in [0.25, 0.3) is 0 Å². The van der Waals surface area contributed by atoms with Gasteiger partial charge in [-0.1, -0.05) is 15.9 Å². The highest BCUT2D eigenvalue weighted by atomic mass is 79.9. The van der Waals surface area contributed by atoms with Gasteiger partial charge in [-0.2, -0.15) is 0 Å². The highest BCUT2D eigenvalue weighted by molar-refractivity contribution is 9.10. The predicted molar refractivity (Wildman–Crippen MR) is 64.7 cm³/mol. The molecule has 0 aliphatic rings. The van der Waals surface area contributed by atoms with E-state index in [9.17, 15) is 4.79 Å². The summed E-state index contributed by atoms with van der Waals surface area (Å²) < 4.78 is 6.16. The summed E-state index contributed by atoms with van der Waals surface area (Å²) in [6.45, 7) is 0.385. The summed E-state index contributed by atoms with van der Waals surface area (Å²) in [5, 5.41) is 8.56. The molecule has 0 bridgehead atoms. The maximum Gasteiger partial charge on any atom is 0.341 e. The van der Waals surface area contributed by atoms with Gasteiger partial charge in [0.15, 0.2) is 6.61 Å². The average molecular weight is 288 g/mol. The Morgan fingerprint density at radius 2 is 2.19 bits per heavy atom. The third-order valence-corrected chi connectivity index (χ3v) is 2.35. The lowest BCUT2D eigenvalue weighted by Gasteiger charge is -2.14.